The van der Waals surface area contributed by atoms with Crippen LogP contribution in [0.3, 0.4) is 0 Å². The zero-order valence-corrected chi connectivity index (χ0v) is 23.1. The van der Waals surface area contributed by atoms with Crippen LogP contribution >= 0.6 is 0 Å². The Labute approximate surface area is 217 Å². The van der Waals surface area contributed by atoms with Gasteiger partial charge in [-0.2, -0.15) is 5.10 Å². The number of nitrogens with zero attached hydrogens (tertiary/aromatic N) is 1. The molecular formula is C30H43N3O3. The van der Waals surface area contributed by atoms with Crippen LogP contribution in [0, 0.1) is 0 Å². The number of ether oxygens (including phenoxy) is 1. The SMILES string of the molecule is C/C=C(/C=C\C(=C/CC)CNC(=O)C/C=C/C(=N\NC)c1ccc(C(C)(C)C)cc1)OC(C)(C)C=O. The van der Waals surface area contributed by atoms with Crippen LogP contribution in [0.4, 0.5) is 0 Å². The van der Waals surface area contributed by atoms with Crippen LogP contribution in [-0.4, -0.2) is 37.1 Å². The van der Waals surface area contributed by atoms with E-state index in [0.717, 1.165) is 29.6 Å². The Kier molecular flexibility index (Phi) is 12.6. The molecule has 1 aromatic rings. The monoisotopic (exact) mass is 493 g/mol. The third-order valence-electron chi connectivity index (χ3n) is 5.22. The first-order chi connectivity index (χ1) is 17.0. The van der Waals surface area contributed by atoms with E-state index >= 15 is 0 Å². The lowest BCUT2D eigenvalue weighted by molar-refractivity contribution is -0.122. The summed E-state index contributed by atoms with van der Waals surface area (Å²) in [5, 5.41) is 7.31. The van der Waals surface area contributed by atoms with Crippen LogP contribution < -0.4 is 10.7 Å². The Bertz CT molecular complexity index is 1000. The minimum absolute atomic E-state index is 0.0839. The molecule has 196 valence electrons. The summed E-state index contributed by atoms with van der Waals surface area (Å²) >= 11 is 0. The van der Waals surface area contributed by atoms with Crippen LogP contribution in [0.5, 0.6) is 0 Å². The van der Waals surface area contributed by atoms with Gasteiger partial charge in [0.05, 0.1) is 5.71 Å². The van der Waals surface area contributed by atoms with Crippen molar-refractivity contribution in [3.05, 3.63) is 83.2 Å². The maximum Gasteiger partial charge on any atom is 0.224 e. The van der Waals surface area contributed by atoms with E-state index < -0.39 is 5.60 Å². The zero-order valence-electron chi connectivity index (χ0n) is 23.1. The number of hydrogen-bond donors (Lipinski definition) is 2. The predicted molar refractivity (Wildman–Crippen MR) is 150 cm³/mol. The molecule has 0 heterocycles. The molecule has 0 atom stereocenters. The van der Waals surface area contributed by atoms with Crippen molar-refractivity contribution in [2.75, 3.05) is 13.6 Å². The van der Waals surface area contributed by atoms with Crippen LogP contribution in [-0.2, 0) is 19.7 Å². The van der Waals surface area contributed by atoms with Crippen molar-refractivity contribution in [2.45, 2.75) is 72.3 Å². The number of nitrogens with one attached hydrogen (secondary N) is 2. The van der Waals surface area contributed by atoms with E-state index in [9.17, 15) is 9.59 Å². The van der Waals surface area contributed by atoms with Crippen LogP contribution in [0.25, 0.3) is 0 Å². The first kappa shape index (κ1) is 30.6. The quantitative estimate of drug-likeness (QED) is 0.120. The summed E-state index contributed by atoms with van der Waals surface area (Å²) < 4.78 is 5.71. The van der Waals surface area contributed by atoms with Gasteiger partial charge >= 0.3 is 0 Å². The molecule has 1 aromatic carbocycles. The number of allylic oxidation sites excluding steroid dienone is 4. The first-order valence-electron chi connectivity index (χ1n) is 12.4. The number of aldehydes is 1. The molecule has 1 rings (SSSR count). The molecule has 0 unspecified atom stereocenters. The van der Waals surface area contributed by atoms with Crippen molar-refractivity contribution in [1.82, 2.24) is 10.7 Å². The van der Waals surface area contributed by atoms with Crippen LogP contribution in [0.1, 0.15) is 72.4 Å². The average molecular weight is 494 g/mol. The summed E-state index contributed by atoms with van der Waals surface area (Å²) in [4.78, 5) is 23.6. The largest absolute Gasteiger partial charge is 0.481 e. The lowest BCUT2D eigenvalue weighted by atomic mass is 9.86. The number of carbonyl (C=O) groups excluding carboxylic acids is 2. The number of hydrogen-bond acceptors (Lipinski definition) is 5. The van der Waals surface area contributed by atoms with E-state index in [0.29, 0.717) is 12.3 Å². The first-order valence-corrected chi connectivity index (χ1v) is 12.4. The second-order valence-corrected chi connectivity index (χ2v) is 9.97. The Morgan fingerprint density at radius 1 is 1.06 bits per heavy atom. The second kappa shape index (κ2) is 14.9. The fourth-order valence-electron chi connectivity index (χ4n) is 3.18. The summed E-state index contributed by atoms with van der Waals surface area (Å²) in [6.45, 7) is 14.3. The maximum atomic E-state index is 12.5. The van der Waals surface area contributed by atoms with Crippen molar-refractivity contribution >= 4 is 17.9 Å². The van der Waals surface area contributed by atoms with E-state index in [4.69, 9.17) is 4.74 Å². The summed E-state index contributed by atoms with van der Waals surface area (Å²) in [6, 6.07) is 8.32. The highest BCUT2D eigenvalue weighted by atomic mass is 16.5. The maximum absolute atomic E-state index is 12.5. The molecular weight excluding hydrogens is 450 g/mol. The normalized spacial score (nSPS) is 13.8. The minimum atomic E-state index is -0.897. The fraction of sp³-hybridized carbons (Fsp3) is 0.433. The van der Waals surface area contributed by atoms with Gasteiger partial charge in [0.2, 0.25) is 5.91 Å². The van der Waals surface area contributed by atoms with Crippen molar-refractivity contribution in [1.29, 1.82) is 0 Å². The predicted octanol–water partition coefficient (Wildman–Crippen LogP) is 5.76. The Morgan fingerprint density at radius 3 is 2.25 bits per heavy atom. The fourth-order valence-corrected chi connectivity index (χ4v) is 3.18. The molecule has 0 aliphatic rings. The van der Waals surface area contributed by atoms with Gasteiger partial charge in [-0.05, 0) is 62.0 Å². The zero-order chi connectivity index (χ0) is 27.2. The topological polar surface area (TPSA) is 79.8 Å². The number of amides is 1. The van der Waals surface area contributed by atoms with Gasteiger partial charge in [0, 0.05) is 25.6 Å². The lowest BCUT2D eigenvalue weighted by Crippen LogP contribution is -2.25. The van der Waals surface area contributed by atoms with Crippen LogP contribution in [0.2, 0.25) is 0 Å². The summed E-state index contributed by atoms with van der Waals surface area (Å²) in [7, 11) is 1.75. The third-order valence-corrected chi connectivity index (χ3v) is 5.22. The molecule has 0 aliphatic carbocycles. The molecule has 0 spiro atoms. The van der Waals surface area contributed by atoms with Crippen molar-refractivity contribution < 1.29 is 14.3 Å². The Morgan fingerprint density at radius 2 is 1.72 bits per heavy atom. The highest BCUT2D eigenvalue weighted by molar-refractivity contribution is 6.08. The smallest absolute Gasteiger partial charge is 0.224 e. The standard InChI is InChI=1S/C30H43N3O3/c1-9-12-23(15-20-26(10-2)36-30(6,7)22-34)21-32-28(35)14-11-13-27(33-31-8)24-16-18-25(19-17-24)29(3,4)5/h10-13,15-20,22,31H,9,14,21H2,1-8H3,(H,32,35)/b13-11+,20-15-,23-12+,26-10-,33-27+. The average Bonchev–Trinajstić information content (AvgIpc) is 2.83. The van der Waals surface area contributed by atoms with E-state index in [1.165, 1.54) is 5.56 Å². The van der Waals surface area contributed by atoms with Gasteiger partial charge in [-0.3, -0.25) is 9.59 Å². The molecule has 0 aromatic heterocycles. The summed E-state index contributed by atoms with van der Waals surface area (Å²) in [6.07, 6.45) is 13.1. The molecule has 0 fully saturated rings. The molecule has 0 aliphatic heterocycles. The molecule has 0 saturated carbocycles. The van der Waals surface area contributed by atoms with Crippen molar-refractivity contribution in [2.24, 2.45) is 5.10 Å². The number of hydrazone groups is 1. The molecule has 0 saturated heterocycles. The Hall–Kier alpha value is -3.41. The van der Waals surface area contributed by atoms with Gasteiger partial charge in [0.15, 0.2) is 11.9 Å². The lowest BCUT2D eigenvalue weighted by Gasteiger charge is -2.20. The molecule has 6 heteroatoms. The van der Waals surface area contributed by atoms with Gasteiger partial charge in [-0.1, -0.05) is 70.2 Å². The molecule has 0 bridgehead atoms. The van der Waals surface area contributed by atoms with E-state index in [2.05, 4.69) is 48.7 Å². The van der Waals surface area contributed by atoms with Gasteiger partial charge in [0.1, 0.15) is 5.76 Å². The van der Waals surface area contributed by atoms with E-state index in [-0.39, 0.29) is 17.7 Å². The third kappa shape index (κ3) is 11.3. The minimum Gasteiger partial charge on any atom is -0.481 e. The van der Waals surface area contributed by atoms with Crippen LogP contribution in [0.15, 0.2) is 77.2 Å². The van der Waals surface area contributed by atoms with Gasteiger partial charge in [-0.25, -0.2) is 0 Å². The van der Waals surface area contributed by atoms with Gasteiger partial charge in [0.25, 0.3) is 0 Å². The Balaban J connectivity index is 2.76. The molecule has 36 heavy (non-hydrogen) atoms. The molecule has 6 nitrogen and oxygen atoms in total. The van der Waals surface area contributed by atoms with Gasteiger partial charge < -0.3 is 15.5 Å². The molecule has 0 radical (unpaired) electrons. The highest BCUT2D eigenvalue weighted by Gasteiger charge is 2.18. The van der Waals surface area contributed by atoms with Gasteiger partial charge in [-0.15, -0.1) is 0 Å². The molecule has 2 N–H and O–H groups in total. The van der Waals surface area contributed by atoms with E-state index in [1.54, 1.807) is 27.0 Å². The summed E-state index contributed by atoms with van der Waals surface area (Å²) in [5.74, 6) is 0.508. The highest BCUT2D eigenvalue weighted by Crippen LogP contribution is 2.22. The van der Waals surface area contributed by atoms with E-state index in [1.807, 2.05) is 56.4 Å². The summed E-state index contributed by atoms with van der Waals surface area (Å²) in [5.41, 5.74) is 5.97. The second-order valence-electron chi connectivity index (χ2n) is 9.97. The van der Waals surface area contributed by atoms with Crippen molar-refractivity contribution in [3.63, 3.8) is 0 Å². The molecule has 1 amide bonds. The van der Waals surface area contributed by atoms with Crippen molar-refractivity contribution in [3.8, 4) is 0 Å². The number of carbonyl (C=O) groups is 2. The number of rotatable bonds is 13. The number of benzene rings is 1.